The minimum Gasteiger partial charge on any atom is -0.481 e. The molecule has 2 aromatic heterocycles. The van der Waals surface area contributed by atoms with E-state index in [0.717, 1.165) is 6.20 Å². The van der Waals surface area contributed by atoms with Gasteiger partial charge in [-0.1, -0.05) is 6.92 Å². The maximum absolute atomic E-state index is 13.0. The molecule has 0 saturated carbocycles. The number of aliphatic carboxylic acids is 1. The normalized spacial score (nSPS) is 12.3. The Kier molecular flexibility index (Phi) is 3.26. The van der Waals surface area contributed by atoms with Crippen LogP contribution in [0.2, 0.25) is 0 Å². The Morgan fingerprint density at radius 2 is 2.33 bits per heavy atom. The van der Waals surface area contributed by atoms with E-state index in [1.54, 1.807) is 0 Å². The fourth-order valence-electron chi connectivity index (χ4n) is 1.41. The number of aromatic nitrogens is 5. The number of nitrogens with zero attached hydrogens (tertiary/aromatic N) is 5. The van der Waals surface area contributed by atoms with Gasteiger partial charge in [0.1, 0.15) is 5.82 Å². The number of pyridine rings is 1. The van der Waals surface area contributed by atoms with E-state index in [4.69, 9.17) is 5.11 Å². The Labute approximate surface area is 101 Å². The molecule has 0 bridgehead atoms. The van der Waals surface area contributed by atoms with Crippen LogP contribution >= 0.6 is 0 Å². The highest BCUT2D eigenvalue weighted by atomic mass is 19.1. The Morgan fingerprint density at radius 1 is 1.56 bits per heavy atom. The molecule has 0 aliphatic heterocycles. The van der Waals surface area contributed by atoms with Crippen molar-refractivity contribution in [2.24, 2.45) is 5.92 Å². The molecule has 0 saturated heterocycles. The van der Waals surface area contributed by atoms with Crippen molar-refractivity contribution in [3.05, 3.63) is 24.3 Å². The average Bonchev–Trinajstić information content (AvgIpc) is 2.77. The average molecular weight is 251 g/mol. The van der Waals surface area contributed by atoms with Gasteiger partial charge in [-0.3, -0.25) is 9.78 Å². The summed E-state index contributed by atoms with van der Waals surface area (Å²) in [5.74, 6) is -1.81. The molecule has 94 valence electrons. The first-order chi connectivity index (χ1) is 8.58. The zero-order valence-electron chi connectivity index (χ0n) is 9.49. The second-order valence-corrected chi connectivity index (χ2v) is 3.82. The van der Waals surface area contributed by atoms with Crippen LogP contribution in [0.15, 0.2) is 18.5 Å². The van der Waals surface area contributed by atoms with Crippen molar-refractivity contribution in [3.8, 4) is 11.4 Å². The number of carboxylic acid groups (broad SMARTS) is 1. The summed E-state index contributed by atoms with van der Waals surface area (Å²) in [7, 11) is 0. The highest BCUT2D eigenvalue weighted by Crippen LogP contribution is 2.16. The molecule has 0 spiro atoms. The summed E-state index contributed by atoms with van der Waals surface area (Å²) in [6, 6.07) is 1.24. The smallest absolute Gasteiger partial charge is 0.308 e. The first-order valence-corrected chi connectivity index (χ1v) is 5.18. The first-order valence-electron chi connectivity index (χ1n) is 5.18. The molecule has 7 nitrogen and oxygen atoms in total. The van der Waals surface area contributed by atoms with E-state index >= 15 is 0 Å². The van der Waals surface area contributed by atoms with Crippen molar-refractivity contribution in [1.29, 1.82) is 0 Å². The molecule has 0 radical (unpaired) electrons. The molecule has 0 aromatic carbocycles. The lowest BCUT2D eigenvalue weighted by Gasteiger charge is -2.07. The molecular weight excluding hydrogens is 241 g/mol. The Balaban J connectivity index is 2.30. The second-order valence-electron chi connectivity index (χ2n) is 3.82. The fraction of sp³-hybridized carbons (Fsp3) is 0.300. The topological polar surface area (TPSA) is 93.8 Å². The molecule has 1 atom stereocenters. The standard InChI is InChI=1S/C10H10FN5O2/c1-6(10(17)18)5-16-9(13-14-15-16)7-2-8(11)4-12-3-7/h2-4,6H,5H2,1H3,(H,17,18). The van der Waals surface area contributed by atoms with E-state index < -0.39 is 17.7 Å². The van der Waals surface area contributed by atoms with Gasteiger partial charge in [-0.2, -0.15) is 0 Å². The summed E-state index contributed by atoms with van der Waals surface area (Å²) in [6.07, 6.45) is 2.48. The van der Waals surface area contributed by atoms with Gasteiger partial charge in [0.2, 0.25) is 0 Å². The zero-order valence-corrected chi connectivity index (χ0v) is 9.49. The second kappa shape index (κ2) is 4.86. The number of carbonyl (C=O) groups is 1. The predicted octanol–water partition coefficient (Wildman–Crippen LogP) is 0.595. The molecule has 18 heavy (non-hydrogen) atoms. The van der Waals surface area contributed by atoms with Gasteiger partial charge in [-0.25, -0.2) is 9.07 Å². The van der Waals surface area contributed by atoms with Gasteiger partial charge in [0.05, 0.1) is 18.7 Å². The number of halogens is 1. The van der Waals surface area contributed by atoms with Crippen molar-refractivity contribution in [3.63, 3.8) is 0 Å². The van der Waals surface area contributed by atoms with Crippen LogP contribution in [0.3, 0.4) is 0 Å². The van der Waals surface area contributed by atoms with E-state index in [-0.39, 0.29) is 12.4 Å². The molecule has 0 amide bonds. The molecule has 0 fully saturated rings. The van der Waals surface area contributed by atoms with E-state index in [2.05, 4.69) is 20.5 Å². The highest BCUT2D eigenvalue weighted by molar-refractivity contribution is 5.69. The molecular formula is C10H10FN5O2. The summed E-state index contributed by atoms with van der Waals surface area (Å²) >= 11 is 0. The molecule has 2 heterocycles. The third-order valence-corrected chi connectivity index (χ3v) is 2.36. The van der Waals surface area contributed by atoms with Crippen molar-refractivity contribution >= 4 is 5.97 Å². The van der Waals surface area contributed by atoms with Gasteiger partial charge in [-0.05, 0) is 16.5 Å². The number of tetrazole rings is 1. The summed E-state index contributed by atoms with van der Waals surface area (Å²) < 4.78 is 14.4. The van der Waals surface area contributed by atoms with Gasteiger partial charge in [-0.15, -0.1) is 5.10 Å². The number of hydrogen-bond donors (Lipinski definition) is 1. The van der Waals surface area contributed by atoms with Crippen LogP contribution in [0.5, 0.6) is 0 Å². The Bertz CT molecular complexity index is 571. The first kappa shape index (κ1) is 12.1. The highest BCUT2D eigenvalue weighted by Gasteiger charge is 2.16. The molecule has 2 aromatic rings. The van der Waals surface area contributed by atoms with Crippen LogP contribution in [0.25, 0.3) is 11.4 Å². The summed E-state index contributed by atoms with van der Waals surface area (Å²) in [5.41, 5.74) is 0.401. The van der Waals surface area contributed by atoms with E-state index in [1.165, 1.54) is 23.9 Å². The van der Waals surface area contributed by atoms with E-state index in [9.17, 15) is 9.18 Å². The van der Waals surface area contributed by atoms with E-state index in [0.29, 0.717) is 5.56 Å². The summed E-state index contributed by atoms with van der Waals surface area (Å²) in [5, 5.41) is 19.7. The van der Waals surface area contributed by atoms with Crippen LogP contribution < -0.4 is 0 Å². The van der Waals surface area contributed by atoms with Gasteiger partial charge < -0.3 is 5.11 Å². The minimum absolute atomic E-state index is 0.105. The summed E-state index contributed by atoms with van der Waals surface area (Å²) in [6.45, 7) is 1.64. The maximum atomic E-state index is 13.0. The van der Waals surface area contributed by atoms with Gasteiger partial charge in [0.25, 0.3) is 0 Å². The van der Waals surface area contributed by atoms with Crippen LogP contribution in [0, 0.1) is 11.7 Å². The zero-order chi connectivity index (χ0) is 13.1. The number of hydrogen-bond acceptors (Lipinski definition) is 5. The fourth-order valence-corrected chi connectivity index (χ4v) is 1.41. The number of rotatable bonds is 4. The lowest BCUT2D eigenvalue weighted by atomic mass is 10.2. The SMILES string of the molecule is CC(Cn1nnnc1-c1cncc(F)c1)C(=O)O. The lowest BCUT2D eigenvalue weighted by Crippen LogP contribution is -2.18. The molecule has 8 heteroatoms. The molecule has 1 N–H and O–H groups in total. The monoisotopic (exact) mass is 251 g/mol. The number of carboxylic acids is 1. The molecule has 0 aliphatic carbocycles. The summed E-state index contributed by atoms with van der Waals surface area (Å²) in [4.78, 5) is 14.5. The van der Waals surface area contributed by atoms with Crippen molar-refractivity contribution in [1.82, 2.24) is 25.2 Å². The predicted molar refractivity (Wildman–Crippen MR) is 57.8 cm³/mol. The van der Waals surface area contributed by atoms with Gasteiger partial charge in [0.15, 0.2) is 5.82 Å². The van der Waals surface area contributed by atoms with Crippen molar-refractivity contribution in [2.45, 2.75) is 13.5 Å². The molecule has 2 rings (SSSR count). The third kappa shape index (κ3) is 2.47. The maximum Gasteiger partial charge on any atom is 0.308 e. The van der Waals surface area contributed by atoms with Gasteiger partial charge >= 0.3 is 5.97 Å². The minimum atomic E-state index is -0.950. The van der Waals surface area contributed by atoms with Crippen LogP contribution in [0.4, 0.5) is 4.39 Å². The van der Waals surface area contributed by atoms with Crippen LogP contribution in [-0.4, -0.2) is 36.3 Å². The third-order valence-electron chi connectivity index (χ3n) is 2.36. The van der Waals surface area contributed by atoms with Gasteiger partial charge in [0, 0.05) is 11.8 Å². The van der Waals surface area contributed by atoms with Crippen molar-refractivity contribution < 1.29 is 14.3 Å². The van der Waals surface area contributed by atoms with Crippen molar-refractivity contribution in [2.75, 3.05) is 0 Å². The largest absolute Gasteiger partial charge is 0.481 e. The molecule has 1 unspecified atom stereocenters. The van der Waals surface area contributed by atoms with E-state index in [1.807, 2.05) is 0 Å². The Hall–Kier alpha value is -2.38. The van der Waals surface area contributed by atoms with Crippen LogP contribution in [-0.2, 0) is 11.3 Å². The van der Waals surface area contributed by atoms with Crippen LogP contribution in [0.1, 0.15) is 6.92 Å². The quantitative estimate of drug-likeness (QED) is 0.854. The molecule has 0 aliphatic rings. The Morgan fingerprint density at radius 3 is 3.00 bits per heavy atom. The lowest BCUT2D eigenvalue weighted by molar-refractivity contribution is -0.141.